The second-order valence-corrected chi connectivity index (χ2v) is 5.07. The Morgan fingerprint density at radius 1 is 1.30 bits per heavy atom. The van der Waals surface area contributed by atoms with E-state index < -0.39 is 5.82 Å². The number of nitrogen functional groups attached to an aromatic ring is 1. The summed E-state index contributed by atoms with van der Waals surface area (Å²) in [7, 11) is 0. The normalized spacial score (nSPS) is 10.8. The Bertz CT molecular complexity index is 774. The number of anilines is 1. The van der Waals surface area contributed by atoms with Crippen LogP contribution in [0.2, 0.25) is 0 Å². The van der Waals surface area contributed by atoms with E-state index in [-0.39, 0.29) is 17.6 Å². The second-order valence-electron chi connectivity index (χ2n) is 4.17. The van der Waals surface area contributed by atoms with Gasteiger partial charge in [-0.3, -0.25) is 5.43 Å². The lowest BCUT2D eigenvalue weighted by Crippen LogP contribution is -2.10. The maximum absolute atomic E-state index is 13.8. The van der Waals surface area contributed by atoms with Gasteiger partial charge in [0.2, 0.25) is 11.8 Å². The standard InChI is InChI=1S/C13H11FN4OS/c1-7-2-3-9(14)10(6-7)19-11-8-4-5-20-12(8)17-13(16-11)18-15/h2-6H,15H2,1H3,(H,16,17,18). The number of ether oxygens (including phenoxy) is 1. The zero-order chi connectivity index (χ0) is 14.1. The van der Waals surface area contributed by atoms with Crippen LogP contribution in [0.1, 0.15) is 5.56 Å². The SMILES string of the molecule is Cc1ccc(F)c(Oc2nc(NN)nc3sccc23)c1. The molecule has 0 aliphatic rings. The van der Waals surface area contributed by atoms with Crippen molar-refractivity contribution in [2.24, 2.45) is 5.84 Å². The number of hydrogen-bond donors (Lipinski definition) is 2. The zero-order valence-electron chi connectivity index (χ0n) is 10.6. The van der Waals surface area contributed by atoms with Crippen molar-refractivity contribution in [2.45, 2.75) is 6.92 Å². The lowest BCUT2D eigenvalue weighted by atomic mass is 10.2. The molecule has 2 heterocycles. The van der Waals surface area contributed by atoms with Crippen LogP contribution in [0, 0.1) is 12.7 Å². The Morgan fingerprint density at radius 3 is 2.95 bits per heavy atom. The Morgan fingerprint density at radius 2 is 2.15 bits per heavy atom. The maximum Gasteiger partial charge on any atom is 0.241 e. The van der Waals surface area contributed by atoms with Gasteiger partial charge >= 0.3 is 0 Å². The highest BCUT2D eigenvalue weighted by Gasteiger charge is 2.13. The monoisotopic (exact) mass is 290 g/mol. The first-order chi connectivity index (χ1) is 9.67. The first-order valence-electron chi connectivity index (χ1n) is 5.83. The number of nitrogens with one attached hydrogen (secondary N) is 1. The van der Waals surface area contributed by atoms with Gasteiger partial charge in [0.05, 0.1) is 5.39 Å². The number of fused-ring (bicyclic) bond motifs is 1. The molecule has 5 nitrogen and oxygen atoms in total. The van der Waals surface area contributed by atoms with Gasteiger partial charge in [0, 0.05) is 0 Å². The van der Waals surface area contributed by atoms with E-state index in [9.17, 15) is 4.39 Å². The molecule has 102 valence electrons. The zero-order valence-corrected chi connectivity index (χ0v) is 11.4. The van der Waals surface area contributed by atoms with Crippen LogP contribution in [0.25, 0.3) is 10.2 Å². The van der Waals surface area contributed by atoms with Crippen molar-refractivity contribution in [3.63, 3.8) is 0 Å². The number of nitrogens with two attached hydrogens (primary N) is 1. The first-order valence-corrected chi connectivity index (χ1v) is 6.71. The summed E-state index contributed by atoms with van der Waals surface area (Å²) in [5.41, 5.74) is 3.27. The summed E-state index contributed by atoms with van der Waals surface area (Å²) in [6, 6.07) is 6.47. The fraction of sp³-hybridized carbons (Fsp3) is 0.0769. The highest BCUT2D eigenvalue weighted by Crippen LogP contribution is 2.32. The number of rotatable bonds is 3. The van der Waals surface area contributed by atoms with Crippen molar-refractivity contribution in [3.8, 4) is 11.6 Å². The third-order valence-corrected chi connectivity index (χ3v) is 3.52. The largest absolute Gasteiger partial charge is 0.435 e. The van der Waals surface area contributed by atoms with Crippen molar-refractivity contribution in [3.05, 3.63) is 41.0 Å². The van der Waals surface area contributed by atoms with E-state index in [4.69, 9.17) is 10.6 Å². The molecule has 0 aliphatic heterocycles. The number of benzene rings is 1. The fourth-order valence-corrected chi connectivity index (χ4v) is 2.52. The minimum Gasteiger partial charge on any atom is -0.435 e. The van der Waals surface area contributed by atoms with Gasteiger partial charge in [-0.15, -0.1) is 11.3 Å². The van der Waals surface area contributed by atoms with Crippen LogP contribution in [0.15, 0.2) is 29.6 Å². The molecular weight excluding hydrogens is 279 g/mol. The van der Waals surface area contributed by atoms with E-state index in [2.05, 4.69) is 15.4 Å². The quantitative estimate of drug-likeness (QED) is 0.572. The molecule has 3 rings (SSSR count). The van der Waals surface area contributed by atoms with Crippen molar-refractivity contribution in [1.82, 2.24) is 9.97 Å². The summed E-state index contributed by atoms with van der Waals surface area (Å²) in [5, 5.41) is 2.58. The lowest BCUT2D eigenvalue weighted by molar-refractivity contribution is 0.432. The van der Waals surface area contributed by atoms with E-state index in [1.165, 1.54) is 17.4 Å². The Labute approximate surface area is 118 Å². The molecule has 0 radical (unpaired) electrons. The molecule has 0 bridgehead atoms. The summed E-state index contributed by atoms with van der Waals surface area (Å²) in [6.07, 6.45) is 0. The molecule has 0 amide bonds. The number of hydrogen-bond acceptors (Lipinski definition) is 6. The highest BCUT2D eigenvalue weighted by atomic mass is 32.1. The van der Waals surface area contributed by atoms with Gasteiger partial charge in [-0.05, 0) is 36.1 Å². The van der Waals surface area contributed by atoms with E-state index in [1.807, 2.05) is 18.4 Å². The van der Waals surface area contributed by atoms with Crippen LogP contribution in [0.3, 0.4) is 0 Å². The number of nitrogens with zero attached hydrogens (tertiary/aromatic N) is 2. The molecule has 0 saturated carbocycles. The Hall–Kier alpha value is -2.25. The average Bonchev–Trinajstić information content (AvgIpc) is 2.91. The fourth-order valence-electron chi connectivity index (χ4n) is 1.76. The summed E-state index contributed by atoms with van der Waals surface area (Å²) < 4.78 is 19.3. The Balaban J connectivity index is 2.09. The molecule has 0 spiro atoms. The molecule has 3 aromatic rings. The summed E-state index contributed by atoms with van der Waals surface area (Å²) >= 11 is 1.43. The molecular formula is C13H11FN4OS. The van der Waals surface area contributed by atoms with Crippen molar-refractivity contribution >= 4 is 27.5 Å². The van der Waals surface area contributed by atoms with Crippen LogP contribution < -0.4 is 16.0 Å². The van der Waals surface area contributed by atoms with Crippen molar-refractivity contribution in [1.29, 1.82) is 0 Å². The van der Waals surface area contributed by atoms with Gasteiger partial charge < -0.3 is 4.74 Å². The minimum atomic E-state index is -0.445. The molecule has 3 N–H and O–H groups in total. The summed E-state index contributed by atoms with van der Waals surface area (Å²) in [5.74, 6) is 5.50. The van der Waals surface area contributed by atoms with Crippen LogP contribution in [-0.4, -0.2) is 9.97 Å². The molecule has 0 fully saturated rings. The van der Waals surface area contributed by atoms with Gasteiger partial charge in [-0.25, -0.2) is 15.2 Å². The van der Waals surface area contributed by atoms with E-state index in [0.717, 1.165) is 15.8 Å². The van der Waals surface area contributed by atoms with Gasteiger partial charge in [-0.2, -0.15) is 4.98 Å². The number of halogens is 1. The smallest absolute Gasteiger partial charge is 0.241 e. The summed E-state index contributed by atoms with van der Waals surface area (Å²) in [6.45, 7) is 1.86. The molecule has 0 saturated heterocycles. The highest BCUT2D eigenvalue weighted by molar-refractivity contribution is 7.16. The van der Waals surface area contributed by atoms with E-state index >= 15 is 0 Å². The Kier molecular flexibility index (Phi) is 3.21. The lowest BCUT2D eigenvalue weighted by Gasteiger charge is -2.09. The molecule has 0 aliphatic carbocycles. The molecule has 0 unspecified atom stereocenters. The average molecular weight is 290 g/mol. The number of thiophene rings is 1. The molecule has 2 aromatic heterocycles. The van der Waals surface area contributed by atoms with Gasteiger partial charge in [0.15, 0.2) is 11.6 Å². The third kappa shape index (κ3) is 2.28. The number of aromatic nitrogens is 2. The molecule has 7 heteroatoms. The van der Waals surface area contributed by atoms with Crippen LogP contribution >= 0.6 is 11.3 Å². The van der Waals surface area contributed by atoms with Crippen LogP contribution in [0.5, 0.6) is 11.6 Å². The topological polar surface area (TPSA) is 73.1 Å². The van der Waals surface area contributed by atoms with Gasteiger partial charge in [-0.1, -0.05) is 6.07 Å². The summed E-state index contributed by atoms with van der Waals surface area (Å²) in [4.78, 5) is 9.04. The predicted octanol–water partition coefficient (Wildman–Crippen LogP) is 3.22. The maximum atomic E-state index is 13.8. The van der Waals surface area contributed by atoms with Crippen LogP contribution in [-0.2, 0) is 0 Å². The van der Waals surface area contributed by atoms with E-state index in [0.29, 0.717) is 0 Å². The molecule has 20 heavy (non-hydrogen) atoms. The van der Waals surface area contributed by atoms with Gasteiger partial charge in [0.1, 0.15) is 4.83 Å². The second kappa shape index (κ2) is 5.03. The molecule has 1 aromatic carbocycles. The van der Waals surface area contributed by atoms with Gasteiger partial charge in [0.25, 0.3) is 0 Å². The van der Waals surface area contributed by atoms with E-state index in [1.54, 1.807) is 12.1 Å². The van der Waals surface area contributed by atoms with Crippen molar-refractivity contribution < 1.29 is 9.13 Å². The minimum absolute atomic E-state index is 0.124. The number of hydrazine groups is 1. The third-order valence-electron chi connectivity index (χ3n) is 2.71. The molecule has 0 atom stereocenters. The number of aryl methyl sites for hydroxylation is 1. The first kappa shape index (κ1) is 12.8. The van der Waals surface area contributed by atoms with Crippen LogP contribution in [0.4, 0.5) is 10.3 Å². The predicted molar refractivity (Wildman–Crippen MR) is 76.4 cm³/mol. The van der Waals surface area contributed by atoms with Crippen molar-refractivity contribution in [2.75, 3.05) is 5.43 Å².